The van der Waals surface area contributed by atoms with E-state index in [1.807, 2.05) is 37.3 Å². The predicted octanol–water partition coefficient (Wildman–Crippen LogP) is 3.02. The number of nitrogens with zero attached hydrogens (tertiary/aromatic N) is 1. The van der Waals surface area contributed by atoms with Gasteiger partial charge in [0.05, 0.1) is 24.6 Å². The molecule has 0 spiro atoms. The number of rotatable bonds is 5. The lowest BCUT2D eigenvalue weighted by Crippen LogP contribution is -2.30. The number of benzene rings is 2. The number of carbonyl (C=O) groups excluding carboxylic acids is 3. The van der Waals surface area contributed by atoms with E-state index in [0.717, 1.165) is 5.56 Å². The normalized spacial score (nSPS) is 17.5. The van der Waals surface area contributed by atoms with Crippen LogP contribution in [0, 0.1) is 5.92 Å². The topological polar surface area (TPSA) is 75.7 Å². The minimum Gasteiger partial charge on any atom is -0.465 e. The van der Waals surface area contributed by atoms with Gasteiger partial charge in [0.15, 0.2) is 0 Å². The van der Waals surface area contributed by atoms with Crippen molar-refractivity contribution in [3.05, 3.63) is 65.7 Å². The number of likely N-dealkylation sites (tertiary alicyclic amines) is 1. The van der Waals surface area contributed by atoms with Crippen LogP contribution in [0.5, 0.6) is 0 Å². The van der Waals surface area contributed by atoms with Crippen LogP contribution in [-0.4, -0.2) is 36.3 Å². The van der Waals surface area contributed by atoms with Crippen molar-refractivity contribution in [2.45, 2.75) is 19.4 Å². The van der Waals surface area contributed by atoms with E-state index in [1.54, 1.807) is 29.2 Å². The highest BCUT2D eigenvalue weighted by molar-refractivity contribution is 5.97. The van der Waals surface area contributed by atoms with Gasteiger partial charge < -0.3 is 15.0 Å². The standard InChI is InChI=1S/C21H22N2O4/c1-14(15-6-4-3-5-7-15)23-13-17(12-19(23)24)20(25)22-18-10-8-16(9-11-18)21(26)27-2/h3-11,14,17H,12-13H2,1-2H3,(H,22,25). The van der Waals surface area contributed by atoms with E-state index < -0.39 is 11.9 Å². The average molecular weight is 366 g/mol. The molecule has 1 saturated heterocycles. The molecule has 2 aromatic carbocycles. The van der Waals surface area contributed by atoms with Gasteiger partial charge in [-0.3, -0.25) is 9.59 Å². The van der Waals surface area contributed by atoms with Crippen LogP contribution in [0.2, 0.25) is 0 Å². The van der Waals surface area contributed by atoms with E-state index >= 15 is 0 Å². The van der Waals surface area contributed by atoms with Crippen molar-refractivity contribution in [1.29, 1.82) is 0 Å². The molecule has 0 saturated carbocycles. The van der Waals surface area contributed by atoms with Crippen LogP contribution in [0.15, 0.2) is 54.6 Å². The van der Waals surface area contributed by atoms with Crippen LogP contribution >= 0.6 is 0 Å². The van der Waals surface area contributed by atoms with Gasteiger partial charge in [-0.1, -0.05) is 30.3 Å². The molecule has 1 aliphatic rings. The minimum atomic E-state index is -0.431. The second-order valence-electron chi connectivity index (χ2n) is 6.59. The third kappa shape index (κ3) is 4.16. The molecule has 27 heavy (non-hydrogen) atoms. The average Bonchev–Trinajstić information content (AvgIpc) is 3.10. The summed E-state index contributed by atoms with van der Waals surface area (Å²) in [6.45, 7) is 2.36. The molecule has 0 aromatic heterocycles. The summed E-state index contributed by atoms with van der Waals surface area (Å²) < 4.78 is 4.65. The molecule has 3 rings (SSSR count). The van der Waals surface area contributed by atoms with Crippen molar-refractivity contribution in [1.82, 2.24) is 4.90 Å². The molecular weight excluding hydrogens is 344 g/mol. The fourth-order valence-electron chi connectivity index (χ4n) is 3.24. The van der Waals surface area contributed by atoms with Crippen molar-refractivity contribution in [3.63, 3.8) is 0 Å². The monoisotopic (exact) mass is 366 g/mol. The summed E-state index contributed by atoms with van der Waals surface area (Å²) in [6, 6.07) is 16.2. The highest BCUT2D eigenvalue weighted by Gasteiger charge is 2.37. The number of methoxy groups -OCH3 is 1. The molecule has 6 nitrogen and oxygen atoms in total. The van der Waals surface area contributed by atoms with E-state index in [4.69, 9.17) is 0 Å². The molecule has 1 aliphatic heterocycles. The van der Waals surface area contributed by atoms with Crippen molar-refractivity contribution in [3.8, 4) is 0 Å². The van der Waals surface area contributed by atoms with Gasteiger partial charge >= 0.3 is 5.97 Å². The first-order chi connectivity index (χ1) is 13.0. The lowest BCUT2D eigenvalue weighted by atomic mass is 10.1. The smallest absolute Gasteiger partial charge is 0.337 e. The van der Waals surface area contributed by atoms with E-state index in [0.29, 0.717) is 17.8 Å². The first kappa shape index (κ1) is 18.6. The zero-order chi connectivity index (χ0) is 19.4. The number of amides is 2. The van der Waals surface area contributed by atoms with Gasteiger partial charge in [-0.2, -0.15) is 0 Å². The van der Waals surface area contributed by atoms with Crippen LogP contribution < -0.4 is 5.32 Å². The molecule has 1 N–H and O–H groups in total. The fourth-order valence-corrected chi connectivity index (χ4v) is 3.24. The summed E-state index contributed by atoms with van der Waals surface area (Å²) >= 11 is 0. The zero-order valence-electron chi connectivity index (χ0n) is 15.3. The zero-order valence-corrected chi connectivity index (χ0v) is 15.3. The van der Waals surface area contributed by atoms with Crippen LogP contribution in [0.1, 0.15) is 35.3 Å². The molecule has 0 aliphatic carbocycles. The second kappa shape index (κ2) is 8.03. The summed E-state index contributed by atoms with van der Waals surface area (Å²) in [7, 11) is 1.32. The molecule has 2 atom stereocenters. The molecule has 140 valence electrons. The molecule has 6 heteroatoms. The quantitative estimate of drug-likeness (QED) is 0.826. The largest absolute Gasteiger partial charge is 0.465 e. The van der Waals surface area contributed by atoms with Crippen molar-refractivity contribution in [2.24, 2.45) is 5.92 Å². The minimum absolute atomic E-state index is 0.0208. The molecule has 1 heterocycles. The van der Waals surface area contributed by atoms with Crippen molar-refractivity contribution in [2.75, 3.05) is 19.0 Å². The van der Waals surface area contributed by atoms with Crippen molar-refractivity contribution >= 4 is 23.5 Å². The number of anilines is 1. The summed E-state index contributed by atoms with van der Waals surface area (Å²) in [4.78, 5) is 38.2. The first-order valence-corrected chi connectivity index (χ1v) is 8.83. The van der Waals surface area contributed by atoms with Crippen molar-refractivity contribution < 1.29 is 19.1 Å². The van der Waals surface area contributed by atoms with E-state index in [1.165, 1.54) is 7.11 Å². The highest BCUT2D eigenvalue weighted by Crippen LogP contribution is 2.29. The Morgan fingerprint density at radius 2 is 1.78 bits per heavy atom. The van der Waals surface area contributed by atoms with Gasteiger partial charge in [0.1, 0.15) is 0 Å². The third-order valence-electron chi connectivity index (χ3n) is 4.85. The summed E-state index contributed by atoms with van der Waals surface area (Å²) in [5.41, 5.74) is 2.04. The Morgan fingerprint density at radius 3 is 2.41 bits per heavy atom. The van der Waals surface area contributed by atoms with E-state index in [9.17, 15) is 14.4 Å². The van der Waals surface area contributed by atoms with Crippen LogP contribution in [-0.2, 0) is 14.3 Å². The molecule has 2 amide bonds. The molecule has 2 aromatic rings. The Balaban J connectivity index is 1.63. The summed E-state index contributed by atoms with van der Waals surface area (Å²) in [5, 5.41) is 2.82. The molecule has 2 unspecified atom stereocenters. The lowest BCUT2D eigenvalue weighted by Gasteiger charge is -2.25. The Hall–Kier alpha value is -3.15. The second-order valence-corrected chi connectivity index (χ2v) is 6.59. The molecule has 0 bridgehead atoms. The number of carbonyl (C=O) groups is 3. The van der Waals surface area contributed by atoms with Crippen LogP contribution in [0.3, 0.4) is 0 Å². The van der Waals surface area contributed by atoms with Gasteiger partial charge in [-0.15, -0.1) is 0 Å². The Kier molecular flexibility index (Phi) is 5.54. The maximum atomic E-state index is 12.6. The maximum Gasteiger partial charge on any atom is 0.337 e. The number of nitrogens with one attached hydrogen (secondary N) is 1. The van der Waals surface area contributed by atoms with Gasteiger partial charge in [-0.25, -0.2) is 4.79 Å². The first-order valence-electron chi connectivity index (χ1n) is 8.83. The third-order valence-corrected chi connectivity index (χ3v) is 4.85. The SMILES string of the molecule is COC(=O)c1ccc(NC(=O)C2CC(=O)N(C(C)c3ccccc3)C2)cc1. The maximum absolute atomic E-state index is 12.6. The number of ether oxygens (including phenoxy) is 1. The highest BCUT2D eigenvalue weighted by atomic mass is 16.5. The van der Waals surface area contributed by atoms with Crippen LogP contribution in [0.25, 0.3) is 0 Å². The van der Waals surface area contributed by atoms with Gasteiger partial charge in [0.25, 0.3) is 0 Å². The number of hydrogen-bond donors (Lipinski definition) is 1. The molecule has 1 fully saturated rings. The fraction of sp³-hybridized carbons (Fsp3) is 0.286. The molecule has 0 radical (unpaired) electrons. The Bertz CT molecular complexity index is 833. The molecular formula is C21H22N2O4. The Labute approximate surface area is 158 Å². The number of hydrogen-bond acceptors (Lipinski definition) is 4. The summed E-state index contributed by atoms with van der Waals surface area (Å²) in [6.07, 6.45) is 0.198. The van der Waals surface area contributed by atoms with Gasteiger partial charge in [-0.05, 0) is 36.8 Å². The predicted molar refractivity (Wildman–Crippen MR) is 101 cm³/mol. The van der Waals surface area contributed by atoms with E-state index in [-0.39, 0.29) is 24.3 Å². The Morgan fingerprint density at radius 1 is 1.11 bits per heavy atom. The summed E-state index contributed by atoms with van der Waals surface area (Å²) in [5.74, 6) is -1.05. The van der Waals surface area contributed by atoms with E-state index in [2.05, 4.69) is 10.1 Å². The van der Waals surface area contributed by atoms with Gasteiger partial charge in [0.2, 0.25) is 11.8 Å². The number of esters is 1. The van der Waals surface area contributed by atoms with Gasteiger partial charge in [0, 0.05) is 18.7 Å². The lowest BCUT2D eigenvalue weighted by molar-refractivity contribution is -0.129. The van der Waals surface area contributed by atoms with Crippen LogP contribution in [0.4, 0.5) is 5.69 Å².